The van der Waals surface area contributed by atoms with Crippen LogP contribution in [0.2, 0.25) is 0 Å². The number of hydrogen-bond donors (Lipinski definition) is 1. The number of anilines is 1. The number of nitrogens with zero attached hydrogens (tertiary/aromatic N) is 1. The van der Waals surface area contributed by atoms with E-state index in [2.05, 4.69) is 5.32 Å². The van der Waals surface area contributed by atoms with Crippen molar-refractivity contribution >= 4 is 21.6 Å². The summed E-state index contributed by atoms with van der Waals surface area (Å²) in [5.41, 5.74) is 1.67. The molecule has 2 aromatic rings. The second-order valence-corrected chi connectivity index (χ2v) is 9.05. The molecule has 2 aromatic carbocycles. The van der Waals surface area contributed by atoms with E-state index in [9.17, 15) is 13.2 Å². The maximum Gasteiger partial charge on any atom is 0.255 e. The van der Waals surface area contributed by atoms with Crippen LogP contribution in [0, 0.1) is 0 Å². The van der Waals surface area contributed by atoms with E-state index in [0.717, 1.165) is 0 Å². The summed E-state index contributed by atoms with van der Waals surface area (Å²) in [6.45, 7) is 5.42. The third-order valence-electron chi connectivity index (χ3n) is 4.43. The van der Waals surface area contributed by atoms with Crippen molar-refractivity contribution in [2.75, 3.05) is 31.6 Å². The first-order chi connectivity index (χ1) is 13.8. The number of sulfonamides is 1. The van der Waals surface area contributed by atoms with Gasteiger partial charge in [0.25, 0.3) is 5.91 Å². The van der Waals surface area contributed by atoms with E-state index in [1.54, 1.807) is 36.4 Å². The molecule has 1 amide bonds. The van der Waals surface area contributed by atoms with E-state index >= 15 is 0 Å². The molecule has 0 bridgehead atoms. The van der Waals surface area contributed by atoms with Crippen molar-refractivity contribution in [2.45, 2.75) is 25.7 Å². The molecule has 1 aliphatic heterocycles. The minimum atomic E-state index is -3.40. The largest absolute Gasteiger partial charge is 0.489 e. The second-order valence-electron chi connectivity index (χ2n) is 7.08. The fraction of sp³-hybridized carbons (Fsp3) is 0.381. The van der Waals surface area contributed by atoms with E-state index in [0.29, 0.717) is 48.9 Å². The Balaban J connectivity index is 1.66. The van der Waals surface area contributed by atoms with Gasteiger partial charge in [0.2, 0.25) is 10.0 Å². The lowest BCUT2D eigenvalue weighted by Gasteiger charge is -2.26. The number of hydrogen-bond acceptors (Lipinski definition) is 5. The molecule has 8 heteroatoms. The monoisotopic (exact) mass is 418 g/mol. The number of morpholine rings is 1. The van der Waals surface area contributed by atoms with Gasteiger partial charge in [0.15, 0.2) is 0 Å². The minimum absolute atomic E-state index is 0.0132. The molecule has 29 heavy (non-hydrogen) atoms. The molecule has 3 rings (SSSR count). The van der Waals surface area contributed by atoms with Crippen LogP contribution in [0.15, 0.2) is 48.5 Å². The molecule has 0 aliphatic carbocycles. The van der Waals surface area contributed by atoms with E-state index in [1.165, 1.54) is 4.31 Å². The number of amides is 1. The molecule has 7 nitrogen and oxygen atoms in total. The zero-order valence-corrected chi connectivity index (χ0v) is 17.4. The normalized spacial score (nSPS) is 15.3. The molecule has 1 fully saturated rings. The Hall–Kier alpha value is -2.42. The van der Waals surface area contributed by atoms with Crippen molar-refractivity contribution in [1.82, 2.24) is 4.31 Å². The number of carbonyl (C=O) groups excluding carboxylic acids is 1. The van der Waals surface area contributed by atoms with Gasteiger partial charge in [-0.15, -0.1) is 0 Å². The van der Waals surface area contributed by atoms with Crippen molar-refractivity contribution in [1.29, 1.82) is 0 Å². The van der Waals surface area contributed by atoms with Gasteiger partial charge in [0.1, 0.15) is 5.75 Å². The molecule has 0 radical (unpaired) electrons. The topological polar surface area (TPSA) is 84.9 Å². The van der Waals surface area contributed by atoms with Gasteiger partial charge >= 0.3 is 0 Å². The molecule has 0 atom stereocenters. The SMILES string of the molecule is CC(C)Oc1ccccc1NC(=O)c1ccc(CS(=O)(=O)N2CCOCC2)cc1. The van der Waals surface area contributed by atoms with Gasteiger partial charge in [-0.2, -0.15) is 4.31 Å². The Morgan fingerprint density at radius 1 is 1.10 bits per heavy atom. The molecule has 0 aromatic heterocycles. The summed E-state index contributed by atoms with van der Waals surface area (Å²) >= 11 is 0. The van der Waals surface area contributed by atoms with Crippen LogP contribution in [0.4, 0.5) is 5.69 Å². The first kappa shape index (κ1) is 21.3. The molecular weight excluding hydrogens is 392 g/mol. The lowest BCUT2D eigenvalue weighted by Crippen LogP contribution is -2.41. The van der Waals surface area contributed by atoms with Gasteiger partial charge in [-0.1, -0.05) is 24.3 Å². The maximum absolute atomic E-state index is 12.6. The van der Waals surface area contributed by atoms with E-state index in [-0.39, 0.29) is 17.8 Å². The third kappa shape index (κ3) is 5.79. The predicted molar refractivity (Wildman–Crippen MR) is 112 cm³/mol. The average molecular weight is 419 g/mol. The summed E-state index contributed by atoms with van der Waals surface area (Å²) in [5.74, 6) is 0.219. The van der Waals surface area contributed by atoms with E-state index < -0.39 is 10.0 Å². The smallest absolute Gasteiger partial charge is 0.255 e. The zero-order valence-electron chi connectivity index (χ0n) is 16.6. The summed E-state index contributed by atoms with van der Waals surface area (Å²) in [7, 11) is -3.40. The summed E-state index contributed by atoms with van der Waals surface area (Å²) in [4.78, 5) is 12.6. The predicted octanol–water partition coefficient (Wildman–Crippen LogP) is 2.89. The van der Waals surface area contributed by atoms with Crippen LogP contribution >= 0.6 is 0 Å². The number of nitrogens with one attached hydrogen (secondary N) is 1. The number of ether oxygens (including phenoxy) is 2. The van der Waals surface area contributed by atoms with Crippen LogP contribution in [0.25, 0.3) is 0 Å². The van der Waals surface area contributed by atoms with Crippen LogP contribution in [0.5, 0.6) is 5.75 Å². The first-order valence-corrected chi connectivity index (χ1v) is 11.2. The van der Waals surface area contributed by atoms with Crippen LogP contribution in [-0.2, 0) is 20.5 Å². The molecule has 0 saturated carbocycles. The minimum Gasteiger partial charge on any atom is -0.489 e. The standard InChI is InChI=1S/C21H26N2O5S/c1-16(2)28-20-6-4-3-5-19(20)22-21(24)18-9-7-17(8-10-18)15-29(25,26)23-11-13-27-14-12-23/h3-10,16H,11-15H2,1-2H3,(H,22,24). The van der Waals surface area contributed by atoms with Crippen LogP contribution in [0.3, 0.4) is 0 Å². The molecule has 0 unspecified atom stereocenters. The highest BCUT2D eigenvalue weighted by atomic mass is 32.2. The van der Waals surface area contributed by atoms with Crippen molar-refractivity contribution in [3.8, 4) is 5.75 Å². The molecule has 1 N–H and O–H groups in total. The van der Waals surface area contributed by atoms with Crippen molar-refractivity contribution in [3.05, 3.63) is 59.7 Å². The molecular formula is C21H26N2O5S. The van der Waals surface area contributed by atoms with Gasteiger partial charge in [0.05, 0.1) is 30.8 Å². The fourth-order valence-corrected chi connectivity index (χ4v) is 4.50. The molecule has 1 heterocycles. The Morgan fingerprint density at radius 2 is 1.76 bits per heavy atom. The second kappa shape index (κ2) is 9.39. The summed E-state index contributed by atoms with van der Waals surface area (Å²) in [6, 6.07) is 13.8. The average Bonchev–Trinajstić information content (AvgIpc) is 2.70. The van der Waals surface area contributed by atoms with Crippen molar-refractivity contribution in [2.24, 2.45) is 0 Å². The Labute approximate surface area is 171 Å². The summed E-state index contributed by atoms with van der Waals surface area (Å²) < 4.78 is 37.4. The zero-order chi connectivity index (χ0) is 20.9. The third-order valence-corrected chi connectivity index (χ3v) is 6.28. The lowest BCUT2D eigenvalue weighted by atomic mass is 10.1. The lowest BCUT2D eigenvalue weighted by molar-refractivity contribution is 0.0729. The fourth-order valence-electron chi connectivity index (χ4n) is 3.00. The van der Waals surface area contributed by atoms with E-state index in [4.69, 9.17) is 9.47 Å². The molecule has 0 spiro atoms. The summed E-state index contributed by atoms with van der Waals surface area (Å²) in [6.07, 6.45) is -0.0132. The van der Waals surface area contributed by atoms with Gasteiger partial charge < -0.3 is 14.8 Å². The Morgan fingerprint density at radius 3 is 2.41 bits per heavy atom. The highest BCUT2D eigenvalue weighted by Crippen LogP contribution is 2.25. The Bertz CT molecular complexity index is 936. The highest BCUT2D eigenvalue weighted by Gasteiger charge is 2.24. The van der Waals surface area contributed by atoms with Crippen molar-refractivity contribution in [3.63, 3.8) is 0 Å². The number of carbonyl (C=O) groups is 1. The van der Waals surface area contributed by atoms with Gasteiger partial charge in [0, 0.05) is 18.7 Å². The molecule has 1 aliphatic rings. The van der Waals surface area contributed by atoms with Crippen molar-refractivity contribution < 1.29 is 22.7 Å². The number of benzene rings is 2. The quantitative estimate of drug-likeness (QED) is 0.747. The van der Waals surface area contributed by atoms with Gasteiger partial charge in [-0.25, -0.2) is 8.42 Å². The number of para-hydroxylation sites is 2. The highest BCUT2D eigenvalue weighted by molar-refractivity contribution is 7.88. The summed E-state index contributed by atoms with van der Waals surface area (Å²) in [5, 5.41) is 2.85. The first-order valence-electron chi connectivity index (χ1n) is 9.57. The van der Waals surface area contributed by atoms with Crippen LogP contribution in [0.1, 0.15) is 29.8 Å². The molecule has 156 valence electrons. The van der Waals surface area contributed by atoms with Crippen LogP contribution < -0.4 is 10.1 Å². The molecule has 1 saturated heterocycles. The van der Waals surface area contributed by atoms with E-state index in [1.807, 2.05) is 26.0 Å². The number of rotatable bonds is 7. The van der Waals surface area contributed by atoms with Crippen LogP contribution in [-0.4, -0.2) is 51.0 Å². The van der Waals surface area contributed by atoms with Gasteiger partial charge in [-0.05, 0) is 43.7 Å². The van der Waals surface area contributed by atoms with Gasteiger partial charge in [-0.3, -0.25) is 4.79 Å². The maximum atomic E-state index is 12.6. The Kier molecular flexibility index (Phi) is 6.89.